The van der Waals surface area contributed by atoms with Crippen molar-refractivity contribution in [3.63, 3.8) is 0 Å². The van der Waals surface area contributed by atoms with Gasteiger partial charge in [0, 0.05) is 16.8 Å². The van der Waals surface area contributed by atoms with Gasteiger partial charge in [-0.1, -0.05) is 23.7 Å². The van der Waals surface area contributed by atoms with Crippen molar-refractivity contribution in [1.29, 1.82) is 0 Å². The van der Waals surface area contributed by atoms with Crippen LogP contribution in [0.15, 0.2) is 47.7 Å². The molecule has 0 bridgehead atoms. The van der Waals surface area contributed by atoms with Crippen LogP contribution in [0, 0.1) is 0 Å². The lowest BCUT2D eigenvalue weighted by Gasteiger charge is -2.10. The maximum atomic E-state index is 13.2. The molecule has 1 aromatic carbocycles. The molecule has 0 aliphatic rings. The first kappa shape index (κ1) is 21.6. The predicted octanol–water partition coefficient (Wildman–Crippen LogP) is 5.02. The van der Waals surface area contributed by atoms with E-state index in [0.717, 1.165) is 18.5 Å². The summed E-state index contributed by atoms with van der Waals surface area (Å²) in [6.45, 7) is -1.28. The predicted molar refractivity (Wildman–Crippen MR) is 97.0 cm³/mol. The van der Waals surface area contributed by atoms with Gasteiger partial charge in [0.05, 0.1) is 11.9 Å². The maximum Gasteiger partial charge on any atom is 0.433 e. The number of rotatable bonds is 5. The van der Waals surface area contributed by atoms with Gasteiger partial charge in [0.15, 0.2) is 5.69 Å². The molecule has 0 unspecified atom stereocenters. The average Bonchev–Trinajstić information content (AvgIpc) is 3.06. The lowest BCUT2D eigenvalue weighted by atomic mass is 10.1. The Morgan fingerprint density at radius 2 is 1.73 bits per heavy atom. The van der Waals surface area contributed by atoms with Gasteiger partial charge in [-0.15, -0.1) is 0 Å². The fourth-order valence-electron chi connectivity index (χ4n) is 2.29. The van der Waals surface area contributed by atoms with Gasteiger partial charge in [-0.2, -0.15) is 36.5 Å². The van der Waals surface area contributed by atoms with E-state index in [0.29, 0.717) is 15.3 Å². The third kappa shape index (κ3) is 5.92. The van der Waals surface area contributed by atoms with Crippen molar-refractivity contribution in [3.05, 3.63) is 59.0 Å². The topological polar surface area (TPSA) is 68.0 Å². The monoisotopic (exact) mass is 448 g/mol. The SMILES string of the molecule is FC(F)(F)Cn1ccc(/C=N\Nc2nc(-c3ccc(Cl)cc3)cc(C(F)(F)F)n2)n1. The summed E-state index contributed by atoms with van der Waals surface area (Å²) in [6.07, 6.45) is -7.06. The minimum atomic E-state index is -4.74. The van der Waals surface area contributed by atoms with Crippen LogP contribution in [0.25, 0.3) is 11.3 Å². The lowest BCUT2D eigenvalue weighted by Crippen LogP contribution is -2.18. The molecule has 158 valence electrons. The van der Waals surface area contributed by atoms with Crippen LogP contribution in [-0.4, -0.2) is 32.1 Å². The molecule has 0 saturated heterocycles. The Morgan fingerprint density at radius 1 is 1.03 bits per heavy atom. The summed E-state index contributed by atoms with van der Waals surface area (Å²) in [5, 5.41) is 7.68. The fraction of sp³-hybridized carbons (Fsp3) is 0.176. The number of hydrazone groups is 1. The van der Waals surface area contributed by atoms with Gasteiger partial charge in [-0.05, 0) is 24.3 Å². The minimum absolute atomic E-state index is 0.0267. The Hall–Kier alpha value is -3.15. The molecule has 13 heteroatoms. The molecular weight excluding hydrogens is 438 g/mol. The number of anilines is 1. The standard InChI is InChI=1S/C17H11ClF6N6/c18-11-3-1-10(2-4-11)13-7-14(17(22,23)24)27-15(26-13)28-25-8-12-5-6-30(29-12)9-16(19,20)21/h1-8H,9H2,(H,26,27,28)/b25-8-. The first-order valence-corrected chi connectivity index (χ1v) is 8.49. The second kappa shape index (κ2) is 8.30. The maximum absolute atomic E-state index is 13.2. The van der Waals surface area contributed by atoms with Crippen LogP contribution < -0.4 is 5.43 Å². The van der Waals surface area contributed by atoms with Crippen LogP contribution in [0.4, 0.5) is 32.3 Å². The molecule has 3 rings (SSSR count). The Labute approximate surface area is 170 Å². The van der Waals surface area contributed by atoms with E-state index in [4.69, 9.17) is 11.6 Å². The van der Waals surface area contributed by atoms with Crippen LogP contribution in [0.3, 0.4) is 0 Å². The first-order valence-electron chi connectivity index (χ1n) is 8.11. The largest absolute Gasteiger partial charge is 0.433 e. The molecule has 1 N–H and O–H groups in total. The van der Waals surface area contributed by atoms with Crippen LogP contribution in [0.5, 0.6) is 0 Å². The number of nitrogens with zero attached hydrogens (tertiary/aromatic N) is 5. The van der Waals surface area contributed by atoms with E-state index < -0.39 is 30.5 Å². The van der Waals surface area contributed by atoms with Gasteiger partial charge in [-0.3, -0.25) is 4.68 Å². The van der Waals surface area contributed by atoms with Crippen molar-refractivity contribution < 1.29 is 26.3 Å². The number of hydrogen-bond acceptors (Lipinski definition) is 5. The normalized spacial score (nSPS) is 12.5. The zero-order chi connectivity index (χ0) is 21.9. The van der Waals surface area contributed by atoms with Crippen molar-refractivity contribution in [2.45, 2.75) is 18.9 Å². The van der Waals surface area contributed by atoms with Gasteiger partial charge < -0.3 is 0 Å². The molecule has 0 spiro atoms. The second-order valence-corrected chi connectivity index (χ2v) is 6.33. The van der Waals surface area contributed by atoms with Crippen LogP contribution in [-0.2, 0) is 12.7 Å². The Morgan fingerprint density at radius 3 is 2.37 bits per heavy atom. The summed E-state index contributed by atoms with van der Waals surface area (Å²) in [5.41, 5.74) is 1.43. The molecule has 3 aromatic rings. The minimum Gasteiger partial charge on any atom is -0.263 e. The molecule has 30 heavy (non-hydrogen) atoms. The number of aromatic nitrogens is 4. The van der Waals surface area contributed by atoms with E-state index in [1.165, 1.54) is 30.3 Å². The highest BCUT2D eigenvalue weighted by Gasteiger charge is 2.34. The molecule has 2 heterocycles. The summed E-state index contributed by atoms with van der Waals surface area (Å²) in [4.78, 5) is 7.35. The second-order valence-electron chi connectivity index (χ2n) is 5.89. The van der Waals surface area contributed by atoms with Gasteiger partial charge in [-0.25, -0.2) is 15.4 Å². The van der Waals surface area contributed by atoms with Crippen LogP contribution in [0.2, 0.25) is 5.02 Å². The van der Waals surface area contributed by atoms with E-state index >= 15 is 0 Å². The van der Waals surface area contributed by atoms with E-state index in [1.807, 2.05) is 0 Å². The molecule has 0 aliphatic heterocycles. The highest BCUT2D eigenvalue weighted by Crippen LogP contribution is 2.31. The molecule has 0 saturated carbocycles. The Kier molecular flexibility index (Phi) is 5.97. The lowest BCUT2D eigenvalue weighted by molar-refractivity contribution is -0.143. The van der Waals surface area contributed by atoms with Crippen LogP contribution in [0.1, 0.15) is 11.4 Å². The highest BCUT2D eigenvalue weighted by molar-refractivity contribution is 6.30. The average molecular weight is 449 g/mol. The number of benzene rings is 1. The summed E-state index contributed by atoms with van der Waals surface area (Å²) in [7, 11) is 0. The zero-order valence-corrected chi connectivity index (χ0v) is 15.5. The van der Waals surface area contributed by atoms with Crippen molar-refractivity contribution in [3.8, 4) is 11.3 Å². The smallest absolute Gasteiger partial charge is 0.263 e. The Bertz CT molecular complexity index is 1040. The first-order chi connectivity index (χ1) is 14.0. The number of halogens is 7. The molecule has 0 amide bonds. The third-order valence-electron chi connectivity index (χ3n) is 3.52. The van der Waals surface area contributed by atoms with E-state index in [-0.39, 0.29) is 11.4 Å². The molecule has 0 aliphatic carbocycles. The van der Waals surface area contributed by atoms with Gasteiger partial charge in [0.1, 0.15) is 12.2 Å². The van der Waals surface area contributed by atoms with Crippen molar-refractivity contribution in [2.75, 3.05) is 5.43 Å². The van der Waals surface area contributed by atoms with Crippen LogP contribution >= 0.6 is 11.6 Å². The summed E-state index contributed by atoms with van der Waals surface area (Å²) in [6, 6.07) is 8.00. The van der Waals surface area contributed by atoms with E-state index in [1.54, 1.807) is 0 Å². The number of alkyl halides is 6. The Balaban J connectivity index is 1.82. The molecule has 0 fully saturated rings. The van der Waals surface area contributed by atoms with Gasteiger partial charge in [0.25, 0.3) is 0 Å². The summed E-state index contributed by atoms with van der Waals surface area (Å²) >= 11 is 5.78. The number of hydrogen-bond donors (Lipinski definition) is 1. The molecule has 6 nitrogen and oxygen atoms in total. The highest BCUT2D eigenvalue weighted by atomic mass is 35.5. The molecule has 0 atom stereocenters. The molecular formula is C17H11ClF6N6. The molecule has 2 aromatic heterocycles. The van der Waals surface area contributed by atoms with E-state index in [9.17, 15) is 26.3 Å². The van der Waals surface area contributed by atoms with Crippen molar-refractivity contribution in [1.82, 2.24) is 19.7 Å². The number of nitrogens with one attached hydrogen (secondary N) is 1. The molecule has 0 radical (unpaired) electrons. The van der Waals surface area contributed by atoms with Crippen molar-refractivity contribution >= 4 is 23.8 Å². The third-order valence-corrected chi connectivity index (χ3v) is 3.77. The van der Waals surface area contributed by atoms with Gasteiger partial charge >= 0.3 is 12.4 Å². The summed E-state index contributed by atoms with van der Waals surface area (Å²) in [5.74, 6) is -0.458. The quantitative estimate of drug-likeness (QED) is 0.338. The zero-order valence-electron chi connectivity index (χ0n) is 14.7. The van der Waals surface area contributed by atoms with Crippen molar-refractivity contribution in [2.24, 2.45) is 5.10 Å². The summed E-state index contributed by atoms with van der Waals surface area (Å²) < 4.78 is 77.2. The fourth-order valence-corrected chi connectivity index (χ4v) is 2.41. The van der Waals surface area contributed by atoms with E-state index in [2.05, 4.69) is 25.6 Å². The van der Waals surface area contributed by atoms with Gasteiger partial charge in [0.2, 0.25) is 5.95 Å².